The van der Waals surface area contributed by atoms with Crippen molar-refractivity contribution in [3.63, 3.8) is 0 Å². The zero-order chi connectivity index (χ0) is 16.8. The maximum absolute atomic E-state index is 5.56. The molecular weight excluding hydrogens is 300 g/mol. The number of nitrogens with zero attached hydrogens (tertiary/aromatic N) is 1. The van der Waals surface area contributed by atoms with Crippen molar-refractivity contribution in [2.75, 3.05) is 19.5 Å². The Bertz CT molecular complexity index is 637. The molecule has 0 unspecified atom stereocenters. The largest absolute Gasteiger partial charge is 0.493 e. The molecule has 0 amide bonds. The fraction of sp³-hybridized carbons (Fsp3) is 0.450. The fourth-order valence-electron chi connectivity index (χ4n) is 3.59. The Morgan fingerprint density at radius 2 is 1.79 bits per heavy atom. The highest BCUT2D eigenvalue weighted by atomic mass is 16.5. The van der Waals surface area contributed by atoms with Gasteiger partial charge >= 0.3 is 0 Å². The summed E-state index contributed by atoms with van der Waals surface area (Å²) in [4.78, 5) is 4.35. The van der Waals surface area contributed by atoms with Gasteiger partial charge in [0.05, 0.1) is 19.4 Å². The van der Waals surface area contributed by atoms with Crippen molar-refractivity contribution in [2.45, 2.75) is 44.2 Å². The van der Waals surface area contributed by atoms with Crippen LogP contribution in [0.1, 0.15) is 42.9 Å². The predicted molar refractivity (Wildman–Crippen MR) is 96.6 cm³/mol. The van der Waals surface area contributed by atoms with E-state index >= 15 is 0 Å². The summed E-state index contributed by atoms with van der Waals surface area (Å²) in [6.45, 7) is 0.458. The first-order chi connectivity index (χ1) is 11.8. The maximum atomic E-state index is 5.56. The predicted octanol–water partition coefficient (Wildman–Crippen LogP) is 4.37. The molecule has 1 fully saturated rings. The van der Waals surface area contributed by atoms with Crippen LogP contribution in [0.5, 0.6) is 5.75 Å². The van der Waals surface area contributed by atoms with Crippen molar-refractivity contribution in [3.8, 4) is 5.75 Å². The van der Waals surface area contributed by atoms with E-state index in [0.717, 1.165) is 17.1 Å². The van der Waals surface area contributed by atoms with Gasteiger partial charge in [0, 0.05) is 19.3 Å². The molecule has 0 spiro atoms. The molecular formula is C20H26N2O2. The van der Waals surface area contributed by atoms with E-state index in [2.05, 4.69) is 40.6 Å². The van der Waals surface area contributed by atoms with Crippen molar-refractivity contribution >= 4 is 5.69 Å². The highest BCUT2D eigenvalue weighted by molar-refractivity contribution is 5.58. The Labute approximate surface area is 144 Å². The van der Waals surface area contributed by atoms with E-state index in [0.29, 0.717) is 18.6 Å². The van der Waals surface area contributed by atoms with Crippen molar-refractivity contribution in [1.29, 1.82) is 0 Å². The summed E-state index contributed by atoms with van der Waals surface area (Å²) >= 11 is 0. The van der Waals surface area contributed by atoms with Crippen molar-refractivity contribution in [1.82, 2.24) is 4.98 Å². The molecule has 2 aromatic rings. The lowest BCUT2D eigenvalue weighted by Gasteiger charge is -2.30. The number of anilines is 1. The SMILES string of the molecule is COCc1nccc(NC2CCC(c3ccccc3)CC2)c1OC. The minimum absolute atomic E-state index is 0.458. The Morgan fingerprint density at radius 3 is 2.46 bits per heavy atom. The topological polar surface area (TPSA) is 43.4 Å². The zero-order valence-corrected chi connectivity index (χ0v) is 14.5. The van der Waals surface area contributed by atoms with Gasteiger partial charge < -0.3 is 14.8 Å². The molecule has 1 N–H and O–H groups in total. The molecule has 4 nitrogen and oxygen atoms in total. The quantitative estimate of drug-likeness (QED) is 0.856. The van der Waals surface area contributed by atoms with E-state index in [1.807, 2.05) is 12.3 Å². The second kappa shape index (κ2) is 8.15. The molecule has 128 valence electrons. The minimum Gasteiger partial charge on any atom is -0.493 e. The third kappa shape index (κ3) is 3.88. The van der Waals surface area contributed by atoms with Crippen LogP contribution in [0.4, 0.5) is 5.69 Å². The fourth-order valence-corrected chi connectivity index (χ4v) is 3.59. The molecule has 1 aliphatic carbocycles. The van der Waals surface area contributed by atoms with Gasteiger partial charge in [-0.2, -0.15) is 0 Å². The molecule has 4 heteroatoms. The molecule has 24 heavy (non-hydrogen) atoms. The molecule has 1 aromatic carbocycles. The molecule has 0 aliphatic heterocycles. The van der Waals surface area contributed by atoms with E-state index in [-0.39, 0.29) is 0 Å². The number of hydrogen-bond donors (Lipinski definition) is 1. The highest BCUT2D eigenvalue weighted by Crippen LogP contribution is 2.35. The van der Waals surface area contributed by atoms with Crippen molar-refractivity contribution in [3.05, 3.63) is 53.9 Å². The van der Waals surface area contributed by atoms with Crippen LogP contribution in [-0.4, -0.2) is 25.2 Å². The number of aromatic nitrogens is 1. The van der Waals surface area contributed by atoms with Crippen molar-refractivity contribution in [2.24, 2.45) is 0 Å². The molecule has 0 radical (unpaired) electrons. The summed E-state index contributed by atoms with van der Waals surface area (Å²) in [6.07, 6.45) is 6.60. The number of methoxy groups -OCH3 is 2. The summed E-state index contributed by atoms with van der Waals surface area (Å²) in [5.41, 5.74) is 3.32. The second-order valence-electron chi connectivity index (χ2n) is 6.38. The average Bonchev–Trinajstić information content (AvgIpc) is 2.64. The number of benzene rings is 1. The Kier molecular flexibility index (Phi) is 5.70. The Balaban J connectivity index is 1.63. The normalized spacial score (nSPS) is 20.6. The molecule has 1 saturated carbocycles. The molecule has 0 bridgehead atoms. The Hall–Kier alpha value is -2.07. The lowest BCUT2D eigenvalue weighted by atomic mass is 9.82. The van der Waals surface area contributed by atoms with E-state index in [4.69, 9.17) is 9.47 Å². The smallest absolute Gasteiger partial charge is 0.165 e. The summed E-state index contributed by atoms with van der Waals surface area (Å²) < 4.78 is 10.8. The van der Waals surface area contributed by atoms with Gasteiger partial charge in [0.2, 0.25) is 0 Å². The molecule has 1 heterocycles. The van der Waals surface area contributed by atoms with Crippen LogP contribution in [0.2, 0.25) is 0 Å². The van der Waals surface area contributed by atoms with Crippen LogP contribution >= 0.6 is 0 Å². The van der Waals surface area contributed by atoms with Crippen LogP contribution in [0.3, 0.4) is 0 Å². The standard InChI is InChI=1S/C20H26N2O2/c1-23-14-19-20(24-2)18(12-13-21-19)22-17-10-8-16(9-11-17)15-6-4-3-5-7-15/h3-7,12-13,16-17H,8-11,14H2,1-2H3,(H,21,22). The van der Waals surface area contributed by atoms with Crippen LogP contribution < -0.4 is 10.1 Å². The van der Waals surface area contributed by atoms with Crippen LogP contribution in [0.15, 0.2) is 42.6 Å². The molecule has 0 atom stereocenters. The lowest BCUT2D eigenvalue weighted by Crippen LogP contribution is -2.25. The van der Waals surface area contributed by atoms with Gasteiger partial charge in [-0.05, 0) is 43.2 Å². The Morgan fingerprint density at radius 1 is 1.04 bits per heavy atom. The van der Waals surface area contributed by atoms with E-state index < -0.39 is 0 Å². The molecule has 1 aromatic heterocycles. The molecule has 3 rings (SSSR count). The van der Waals surface area contributed by atoms with Gasteiger partial charge in [0.15, 0.2) is 5.75 Å². The van der Waals surface area contributed by atoms with Crippen molar-refractivity contribution < 1.29 is 9.47 Å². The zero-order valence-electron chi connectivity index (χ0n) is 14.5. The number of ether oxygens (including phenoxy) is 2. The first kappa shape index (κ1) is 16.8. The third-order valence-corrected chi connectivity index (χ3v) is 4.82. The van der Waals surface area contributed by atoms with Gasteiger partial charge in [0.1, 0.15) is 5.69 Å². The van der Waals surface area contributed by atoms with E-state index in [1.54, 1.807) is 14.2 Å². The second-order valence-corrected chi connectivity index (χ2v) is 6.38. The highest BCUT2D eigenvalue weighted by Gasteiger charge is 2.23. The van der Waals surface area contributed by atoms with Crippen LogP contribution in [0, 0.1) is 0 Å². The average molecular weight is 326 g/mol. The van der Waals surface area contributed by atoms with Crippen LogP contribution in [-0.2, 0) is 11.3 Å². The van der Waals surface area contributed by atoms with Gasteiger partial charge in [-0.15, -0.1) is 0 Å². The first-order valence-corrected chi connectivity index (χ1v) is 8.64. The number of pyridine rings is 1. The minimum atomic E-state index is 0.458. The summed E-state index contributed by atoms with van der Waals surface area (Å²) in [6, 6.07) is 13.3. The maximum Gasteiger partial charge on any atom is 0.165 e. The lowest BCUT2D eigenvalue weighted by molar-refractivity contribution is 0.178. The number of rotatable bonds is 6. The molecule has 0 saturated heterocycles. The monoisotopic (exact) mass is 326 g/mol. The number of nitrogens with one attached hydrogen (secondary N) is 1. The third-order valence-electron chi connectivity index (χ3n) is 4.82. The van der Waals surface area contributed by atoms with E-state index in [1.165, 1.54) is 31.2 Å². The van der Waals surface area contributed by atoms with Crippen LogP contribution in [0.25, 0.3) is 0 Å². The first-order valence-electron chi connectivity index (χ1n) is 8.64. The molecule has 1 aliphatic rings. The van der Waals surface area contributed by atoms with Gasteiger partial charge in [-0.1, -0.05) is 30.3 Å². The summed E-state index contributed by atoms with van der Waals surface area (Å²) in [7, 11) is 3.36. The summed E-state index contributed by atoms with van der Waals surface area (Å²) in [5.74, 6) is 1.48. The van der Waals surface area contributed by atoms with Gasteiger partial charge in [0.25, 0.3) is 0 Å². The summed E-state index contributed by atoms with van der Waals surface area (Å²) in [5, 5.41) is 3.65. The number of hydrogen-bond acceptors (Lipinski definition) is 4. The van der Waals surface area contributed by atoms with E-state index in [9.17, 15) is 0 Å². The van der Waals surface area contributed by atoms with Gasteiger partial charge in [-0.3, -0.25) is 4.98 Å². The van der Waals surface area contributed by atoms with Gasteiger partial charge in [-0.25, -0.2) is 0 Å².